The molecule has 1 aliphatic carbocycles. The molecule has 1 aromatic heterocycles. The van der Waals surface area contributed by atoms with Gasteiger partial charge in [-0.1, -0.05) is 43.2 Å². The van der Waals surface area contributed by atoms with E-state index in [0.29, 0.717) is 12.6 Å². The van der Waals surface area contributed by atoms with Crippen molar-refractivity contribution in [2.24, 2.45) is 0 Å². The molecule has 0 bridgehead atoms. The van der Waals surface area contributed by atoms with Crippen LogP contribution in [0.3, 0.4) is 0 Å². The number of hydrogen-bond donors (Lipinski definition) is 2. The number of benzene rings is 1. The van der Waals surface area contributed by atoms with Crippen LogP contribution in [0.15, 0.2) is 36.4 Å². The number of nitrogens with one attached hydrogen (secondary N) is 2. The van der Waals surface area contributed by atoms with Crippen LogP contribution in [0, 0.1) is 6.92 Å². The smallest absolute Gasteiger partial charge is 0.320 e. The van der Waals surface area contributed by atoms with Crippen molar-refractivity contribution in [1.82, 2.24) is 15.1 Å². The number of anilines is 1. The van der Waals surface area contributed by atoms with Crippen LogP contribution < -0.4 is 10.6 Å². The molecule has 1 saturated heterocycles. The van der Waals surface area contributed by atoms with Crippen LogP contribution in [0.4, 0.5) is 10.6 Å². The number of rotatable bonds is 5. The molecule has 0 spiro atoms. The maximum Gasteiger partial charge on any atom is 0.320 e. The lowest BCUT2D eigenvalue weighted by Crippen LogP contribution is -2.45. The van der Waals surface area contributed by atoms with Crippen molar-refractivity contribution in [3.63, 3.8) is 0 Å². The first-order valence-corrected chi connectivity index (χ1v) is 10.4. The molecule has 4 rings (SSSR count). The summed E-state index contributed by atoms with van der Waals surface area (Å²) in [7, 11) is 0. The fraction of sp³-hybridized carbons (Fsp3) is 0.545. The van der Waals surface area contributed by atoms with Gasteiger partial charge >= 0.3 is 6.03 Å². The minimum absolute atomic E-state index is 0.0710. The summed E-state index contributed by atoms with van der Waals surface area (Å²) in [4.78, 5) is 12.7. The fourth-order valence-corrected chi connectivity index (χ4v) is 4.57. The van der Waals surface area contributed by atoms with Gasteiger partial charge in [-0.15, -0.1) is 0 Å². The number of hydrogen-bond acceptors (Lipinski definition) is 3. The molecule has 150 valence electrons. The van der Waals surface area contributed by atoms with Crippen LogP contribution in [0.5, 0.6) is 0 Å². The van der Waals surface area contributed by atoms with Gasteiger partial charge in [-0.25, -0.2) is 9.48 Å². The third-order valence-electron chi connectivity index (χ3n) is 6.19. The number of urea groups is 1. The highest BCUT2D eigenvalue weighted by molar-refractivity contribution is 5.88. The van der Waals surface area contributed by atoms with Crippen molar-refractivity contribution in [1.29, 1.82) is 0 Å². The zero-order valence-electron chi connectivity index (χ0n) is 16.6. The van der Waals surface area contributed by atoms with E-state index in [9.17, 15) is 4.79 Å². The molecule has 0 radical (unpaired) electrons. The number of nitrogens with zero attached hydrogens (tertiary/aromatic N) is 2. The lowest BCUT2D eigenvalue weighted by molar-refractivity contribution is 0.0508. The number of ether oxygens (including phenoxy) is 1. The summed E-state index contributed by atoms with van der Waals surface area (Å²) in [6, 6.07) is 12.7. The molecule has 0 unspecified atom stereocenters. The van der Waals surface area contributed by atoms with Crippen molar-refractivity contribution in [3.8, 4) is 0 Å². The molecule has 2 aromatic rings. The van der Waals surface area contributed by atoms with Crippen molar-refractivity contribution in [2.45, 2.75) is 56.9 Å². The topological polar surface area (TPSA) is 68.2 Å². The average Bonchev–Trinajstić information content (AvgIpc) is 3.37. The van der Waals surface area contributed by atoms with Gasteiger partial charge in [-0.2, -0.15) is 5.10 Å². The summed E-state index contributed by atoms with van der Waals surface area (Å²) in [5, 5.41) is 10.8. The molecule has 28 heavy (non-hydrogen) atoms. The fourth-order valence-electron chi connectivity index (χ4n) is 4.57. The summed E-state index contributed by atoms with van der Waals surface area (Å²) in [5.74, 6) is 0.794. The Hall–Kier alpha value is -2.34. The first kappa shape index (κ1) is 19.0. The standard InChI is InChI=1S/C22H30N4O2/c1-17-15-20(26(25-17)19-9-5-6-10-19)24-21(27)23-16-22(11-13-28-14-12-22)18-7-3-2-4-8-18/h2-4,7-8,15,19H,5-6,9-14,16H2,1H3,(H2,23,24,27). The zero-order chi connectivity index (χ0) is 19.4. The third-order valence-corrected chi connectivity index (χ3v) is 6.19. The average molecular weight is 383 g/mol. The van der Waals surface area contributed by atoms with Gasteiger partial charge in [-0.3, -0.25) is 5.32 Å². The molecule has 6 heteroatoms. The summed E-state index contributed by atoms with van der Waals surface area (Å²) < 4.78 is 7.59. The van der Waals surface area contributed by atoms with E-state index in [0.717, 1.165) is 50.4 Å². The lowest BCUT2D eigenvalue weighted by Gasteiger charge is -2.38. The molecule has 2 N–H and O–H groups in total. The van der Waals surface area contributed by atoms with E-state index in [2.05, 4.69) is 40.0 Å². The Labute approximate surface area is 166 Å². The molecule has 1 aromatic carbocycles. The molecular formula is C22H30N4O2. The van der Waals surface area contributed by atoms with Crippen molar-refractivity contribution < 1.29 is 9.53 Å². The highest BCUT2D eigenvalue weighted by Crippen LogP contribution is 2.34. The van der Waals surface area contributed by atoms with Gasteiger partial charge in [0.2, 0.25) is 0 Å². The van der Waals surface area contributed by atoms with Crippen LogP contribution in [0.1, 0.15) is 55.8 Å². The van der Waals surface area contributed by atoms with Crippen molar-refractivity contribution in [2.75, 3.05) is 25.1 Å². The highest BCUT2D eigenvalue weighted by atomic mass is 16.5. The van der Waals surface area contributed by atoms with Gasteiger partial charge < -0.3 is 10.1 Å². The van der Waals surface area contributed by atoms with E-state index in [1.54, 1.807) is 0 Å². The third kappa shape index (κ3) is 4.07. The van der Waals surface area contributed by atoms with Gasteiger partial charge in [0.25, 0.3) is 0 Å². The molecule has 2 heterocycles. The first-order chi connectivity index (χ1) is 13.7. The van der Waals surface area contributed by atoms with E-state index in [1.165, 1.54) is 18.4 Å². The van der Waals surface area contributed by atoms with E-state index < -0.39 is 0 Å². The van der Waals surface area contributed by atoms with Crippen molar-refractivity contribution >= 4 is 11.8 Å². The summed E-state index contributed by atoms with van der Waals surface area (Å²) in [6.45, 7) is 4.03. The minimum Gasteiger partial charge on any atom is -0.381 e. The molecular weight excluding hydrogens is 352 g/mol. The van der Waals surface area contributed by atoms with Gasteiger partial charge in [0.15, 0.2) is 0 Å². The van der Waals surface area contributed by atoms with Crippen molar-refractivity contribution in [3.05, 3.63) is 47.7 Å². The van der Waals surface area contributed by atoms with Crippen LogP contribution in [-0.2, 0) is 10.2 Å². The first-order valence-electron chi connectivity index (χ1n) is 10.4. The Morgan fingerprint density at radius 3 is 2.64 bits per heavy atom. The summed E-state index contributed by atoms with van der Waals surface area (Å²) in [5.41, 5.74) is 2.14. The molecule has 0 atom stereocenters. The second kappa shape index (κ2) is 8.35. The molecule has 6 nitrogen and oxygen atoms in total. The molecule has 2 aliphatic rings. The Bertz CT molecular complexity index is 790. The molecule has 2 amide bonds. The van der Waals surface area contributed by atoms with E-state index in [1.807, 2.05) is 23.7 Å². The zero-order valence-corrected chi connectivity index (χ0v) is 16.6. The number of carbonyl (C=O) groups is 1. The largest absolute Gasteiger partial charge is 0.381 e. The lowest BCUT2D eigenvalue weighted by atomic mass is 9.74. The van der Waals surface area contributed by atoms with E-state index in [-0.39, 0.29) is 11.4 Å². The summed E-state index contributed by atoms with van der Waals surface area (Å²) in [6.07, 6.45) is 6.56. The quantitative estimate of drug-likeness (QED) is 0.815. The van der Waals surface area contributed by atoms with Gasteiger partial charge in [0.1, 0.15) is 5.82 Å². The Balaban J connectivity index is 1.43. The maximum atomic E-state index is 12.7. The maximum absolute atomic E-state index is 12.7. The monoisotopic (exact) mass is 382 g/mol. The number of aryl methyl sites for hydroxylation is 1. The normalized spacial score (nSPS) is 19.5. The van der Waals surface area contributed by atoms with Crippen LogP contribution >= 0.6 is 0 Å². The Morgan fingerprint density at radius 2 is 1.93 bits per heavy atom. The van der Waals surface area contributed by atoms with Crippen LogP contribution in [0.2, 0.25) is 0 Å². The number of amides is 2. The number of aromatic nitrogens is 2. The van der Waals surface area contributed by atoms with Gasteiger partial charge in [0, 0.05) is 31.2 Å². The SMILES string of the molecule is Cc1cc(NC(=O)NCC2(c3ccccc3)CCOCC2)n(C2CCCC2)n1. The van der Waals surface area contributed by atoms with Crippen LogP contribution in [0.25, 0.3) is 0 Å². The second-order valence-corrected chi connectivity index (χ2v) is 8.12. The molecule has 2 fully saturated rings. The van der Waals surface area contributed by atoms with E-state index >= 15 is 0 Å². The number of carbonyl (C=O) groups excluding carboxylic acids is 1. The summed E-state index contributed by atoms with van der Waals surface area (Å²) >= 11 is 0. The minimum atomic E-state index is -0.166. The van der Waals surface area contributed by atoms with Crippen LogP contribution in [-0.4, -0.2) is 35.6 Å². The molecule has 1 aliphatic heterocycles. The van der Waals surface area contributed by atoms with E-state index in [4.69, 9.17) is 4.74 Å². The Morgan fingerprint density at radius 1 is 1.21 bits per heavy atom. The predicted molar refractivity (Wildman–Crippen MR) is 110 cm³/mol. The Kier molecular flexibility index (Phi) is 5.67. The predicted octanol–water partition coefficient (Wildman–Crippen LogP) is 4.18. The van der Waals surface area contributed by atoms with Gasteiger partial charge in [0.05, 0.1) is 11.7 Å². The molecule has 1 saturated carbocycles. The van der Waals surface area contributed by atoms with Gasteiger partial charge in [-0.05, 0) is 38.2 Å². The second-order valence-electron chi connectivity index (χ2n) is 8.12. The highest BCUT2D eigenvalue weighted by Gasteiger charge is 2.34.